The van der Waals surface area contributed by atoms with Crippen LogP contribution >= 0.6 is 11.3 Å². The first-order chi connectivity index (χ1) is 13.4. The van der Waals surface area contributed by atoms with Gasteiger partial charge in [0.15, 0.2) is 5.78 Å². The summed E-state index contributed by atoms with van der Waals surface area (Å²) in [7, 11) is 3.11. The minimum Gasteiger partial charge on any atom is -0.340 e. The monoisotopic (exact) mass is 391 g/mol. The maximum atomic E-state index is 13.3. The number of Topliss-reactive ketones (excluding diaryl/α,β-unsaturated/α-hetero) is 1. The van der Waals surface area contributed by atoms with Gasteiger partial charge < -0.3 is 5.32 Å². The molecule has 1 aliphatic carbocycles. The number of ketones is 1. The molecule has 0 fully saturated rings. The summed E-state index contributed by atoms with van der Waals surface area (Å²) in [6, 6.07) is 11.4. The number of rotatable bonds is 1. The van der Waals surface area contributed by atoms with Gasteiger partial charge in [-0.3, -0.25) is 18.7 Å². The fraction of sp³-hybridized carbons (Fsp3) is 0.190. The quantitative estimate of drug-likeness (QED) is 0.692. The number of aryl methyl sites for hydroxylation is 1. The van der Waals surface area contributed by atoms with Gasteiger partial charge in [-0.05, 0) is 19.1 Å². The molecule has 1 atom stereocenters. The van der Waals surface area contributed by atoms with Crippen LogP contribution in [0.25, 0.3) is 5.70 Å². The van der Waals surface area contributed by atoms with Crippen molar-refractivity contribution in [3.8, 4) is 0 Å². The second-order valence-electron chi connectivity index (χ2n) is 7.14. The third-order valence-electron chi connectivity index (χ3n) is 5.52. The lowest BCUT2D eigenvalue weighted by molar-refractivity contribution is 0.103. The maximum absolute atomic E-state index is 13.3. The molecule has 1 aromatic carbocycles. The van der Waals surface area contributed by atoms with Gasteiger partial charge in [0, 0.05) is 40.5 Å². The molecule has 0 bridgehead atoms. The summed E-state index contributed by atoms with van der Waals surface area (Å²) in [6.07, 6.45) is 0. The van der Waals surface area contributed by atoms with E-state index in [4.69, 9.17) is 0 Å². The van der Waals surface area contributed by atoms with E-state index in [0.29, 0.717) is 28.2 Å². The predicted octanol–water partition coefficient (Wildman–Crippen LogP) is 2.62. The molecule has 3 aromatic rings. The average molecular weight is 391 g/mol. The number of hydrogen-bond acceptors (Lipinski definition) is 5. The zero-order chi connectivity index (χ0) is 19.7. The Hall–Kier alpha value is -3.19. The van der Waals surface area contributed by atoms with Crippen LogP contribution in [-0.4, -0.2) is 14.9 Å². The van der Waals surface area contributed by atoms with E-state index in [-0.39, 0.29) is 11.3 Å². The maximum Gasteiger partial charge on any atom is 0.332 e. The van der Waals surface area contributed by atoms with Crippen LogP contribution in [0.2, 0.25) is 0 Å². The van der Waals surface area contributed by atoms with Gasteiger partial charge in [-0.1, -0.05) is 24.3 Å². The van der Waals surface area contributed by atoms with Gasteiger partial charge in [-0.25, -0.2) is 4.79 Å². The zero-order valence-electron chi connectivity index (χ0n) is 15.6. The summed E-state index contributed by atoms with van der Waals surface area (Å²) in [5.41, 5.74) is 2.34. The number of benzene rings is 1. The van der Waals surface area contributed by atoms with Crippen LogP contribution in [0.5, 0.6) is 0 Å². The Morgan fingerprint density at radius 3 is 2.36 bits per heavy atom. The third-order valence-corrected chi connectivity index (χ3v) is 6.59. The lowest BCUT2D eigenvalue weighted by Crippen LogP contribution is -2.42. The second kappa shape index (κ2) is 5.65. The fourth-order valence-corrected chi connectivity index (χ4v) is 5.15. The van der Waals surface area contributed by atoms with E-state index in [0.717, 1.165) is 19.9 Å². The van der Waals surface area contributed by atoms with Crippen LogP contribution in [0, 0.1) is 6.92 Å². The predicted molar refractivity (Wildman–Crippen MR) is 109 cm³/mol. The number of anilines is 1. The number of nitrogens with one attached hydrogen (secondary N) is 1. The van der Waals surface area contributed by atoms with E-state index < -0.39 is 11.6 Å². The first-order valence-electron chi connectivity index (χ1n) is 8.91. The highest BCUT2D eigenvalue weighted by molar-refractivity contribution is 7.12. The average Bonchev–Trinajstić information content (AvgIpc) is 3.25. The Labute approximate surface area is 164 Å². The van der Waals surface area contributed by atoms with Crippen molar-refractivity contribution < 1.29 is 4.79 Å². The van der Waals surface area contributed by atoms with Gasteiger partial charge >= 0.3 is 5.69 Å². The molecule has 1 aliphatic heterocycles. The van der Waals surface area contributed by atoms with Crippen LogP contribution in [0.1, 0.15) is 37.2 Å². The number of hydrogen-bond donors (Lipinski definition) is 1. The standard InChI is InChI=1S/C21H17N3O3S/c1-10-8-9-13(28-10)14-15-17(11-6-4-5-7-12(11)18(15)25)22-19-16(14)20(26)24(3)21(27)23(19)2/h4-9,14,22H,1-3H3/t14-/m0/s1. The number of nitrogens with zero attached hydrogens (tertiary/aromatic N) is 2. The number of aromatic nitrogens is 2. The largest absolute Gasteiger partial charge is 0.340 e. The molecule has 0 radical (unpaired) electrons. The normalized spacial score (nSPS) is 17.2. The SMILES string of the molecule is Cc1ccc([C@H]2C3=C(Nc4c2c(=O)n(C)c(=O)n4C)c2ccccc2C3=O)s1. The van der Waals surface area contributed by atoms with E-state index in [1.165, 1.54) is 11.6 Å². The molecular weight excluding hydrogens is 374 g/mol. The van der Waals surface area contributed by atoms with E-state index in [1.807, 2.05) is 37.3 Å². The minimum absolute atomic E-state index is 0.0734. The van der Waals surface area contributed by atoms with Crippen molar-refractivity contribution in [1.82, 2.24) is 9.13 Å². The van der Waals surface area contributed by atoms with Crippen LogP contribution in [0.15, 0.2) is 51.6 Å². The molecule has 140 valence electrons. The Morgan fingerprint density at radius 1 is 0.964 bits per heavy atom. The van der Waals surface area contributed by atoms with Gasteiger partial charge in [-0.2, -0.15) is 0 Å². The highest BCUT2D eigenvalue weighted by atomic mass is 32.1. The topological polar surface area (TPSA) is 73.1 Å². The van der Waals surface area contributed by atoms with Crippen molar-refractivity contribution >= 4 is 28.6 Å². The summed E-state index contributed by atoms with van der Waals surface area (Å²) in [6.45, 7) is 2.00. The van der Waals surface area contributed by atoms with E-state index in [2.05, 4.69) is 5.32 Å². The van der Waals surface area contributed by atoms with Crippen molar-refractivity contribution in [2.45, 2.75) is 12.8 Å². The van der Waals surface area contributed by atoms with E-state index in [9.17, 15) is 14.4 Å². The number of carbonyl (C=O) groups excluding carboxylic acids is 1. The van der Waals surface area contributed by atoms with Gasteiger partial charge in [0.05, 0.1) is 17.2 Å². The molecule has 0 amide bonds. The number of carbonyl (C=O) groups is 1. The third kappa shape index (κ3) is 2.05. The molecule has 1 N–H and O–H groups in total. The highest BCUT2D eigenvalue weighted by Crippen LogP contribution is 2.48. The number of fused-ring (bicyclic) bond motifs is 3. The van der Waals surface area contributed by atoms with Crippen molar-refractivity contribution in [2.24, 2.45) is 14.1 Å². The van der Waals surface area contributed by atoms with E-state index >= 15 is 0 Å². The molecule has 7 heteroatoms. The Morgan fingerprint density at radius 2 is 1.68 bits per heavy atom. The summed E-state index contributed by atoms with van der Waals surface area (Å²) in [4.78, 5) is 41.0. The van der Waals surface area contributed by atoms with Crippen molar-refractivity contribution in [2.75, 3.05) is 5.32 Å². The lowest BCUT2D eigenvalue weighted by atomic mass is 9.85. The smallest absolute Gasteiger partial charge is 0.332 e. The summed E-state index contributed by atoms with van der Waals surface area (Å²) >= 11 is 1.56. The van der Waals surface area contributed by atoms with Crippen LogP contribution in [0.3, 0.4) is 0 Å². The molecular formula is C21H17N3O3S. The Balaban J connectivity index is 1.90. The van der Waals surface area contributed by atoms with Crippen LogP contribution in [-0.2, 0) is 14.1 Å². The van der Waals surface area contributed by atoms with Crippen LogP contribution < -0.4 is 16.6 Å². The van der Waals surface area contributed by atoms with Crippen molar-refractivity contribution in [3.05, 3.63) is 89.3 Å². The summed E-state index contributed by atoms with van der Waals surface area (Å²) in [5, 5.41) is 3.24. The molecule has 0 unspecified atom stereocenters. The molecule has 5 rings (SSSR count). The molecule has 2 aliphatic rings. The lowest BCUT2D eigenvalue weighted by Gasteiger charge is -2.28. The van der Waals surface area contributed by atoms with Crippen molar-refractivity contribution in [1.29, 1.82) is 0 Å². The van der Waals surface area contributed by atoms with Gasteiger partial charge in [0.25, 0.3) is 5.56 Å². The zero-order valence-corrected chi connectivity index (χ0v) is 16.4. The van der Waals surface area contributed by atoms with Gasteiger partial charge in [0.1, 0.15) is 5.82 Å². The molecule has 3 heterocycles. The highest BCUT2D eigenvalue weighted by Gasteiger charge is 2.43. The number of thiophene rings is 1. The minimum atomic E-state index is -0.504. The summed E-state index contributed by atoms with van der Waals surface area (Å²) in [5.74, 6) is -0.126. The molecule has 28 heavy (non-hydrogen) atoms. The molecule has 0 saturated carbocycles. The molecule has 2 aromatic heterocycles. The molecule has 6 nitrogen and oxygen atoms in total. The first-order valence-corrected chi connectivity index (χ1v) is 9.73. The Bertz CT molecular complexity index is 1340. The van der Waals surface area contributed by atoms with Gasteiger partial charge in [-0.15, -0.1) is 11.3 Å². The molecule has 0 spiro atoms. The van der Waals surface area contributed by atoms with Crippen molar-refractivity contribution in [3.63, 3.8) is 0 Å². The Kier molecular flexibility index (Phi) is 3.42. The first kappa shape index (κ1) is 16.9. The number of allylic oxidation sites excluding steroid dienone is 1. The fourth-order valence-electron chi connectivity index (χ4n) is 4.15. The summed E-state index contributed by atoms with van der Waals surface area (Å²) < 4.78 is 2.55. The van der Waals surface area contributed by atoms with E-state index in [1.54, 1.807) is 24.5 Å². The second-order valence-corrected chi connectivity index (χ2v) is 8.46. The molecule has 0 saturated heterocycles. The van der Waals surface area contributed by atoms with Gasteiger partial charge in [0.2, 0.25) is 0 Å². The van der Waals surface area contributed by atoms with Crippen LogP contribution in [0.4, 0.5) is 5.82 Å².